The van der Waals surface area contributed by atoms with E-state index < -0.39 is 6.61 Å². The van der Waals surface area contributed by atoms with Crippen LogP contribution in [0.25, 0.3) is 0 Å². The van der Waals surface area contributed by atoms with Crippen LogP contribution in [0.5, 0.6) is 5.75 Å². The van der Waals surface area contributed by atoms with Gasteiger partial charge in [0.05, 0.1) is 12.2 Å². The third-order valence-electron chi connectivity index (χ3n) is 5.90. The zero-order chi connectivity index (χ0) is 19.4. The van der Waals surface area contributed by atoms with Crippen LogP contribution in [0.15, 0.2) is 29.2 Å². The number of piperidine rings is 1. The van der Waals surface area contributed by atoms with Crippen LogP contribution >= 0.6 is 11.9 Å². The second-order valence-electron chi connectivity index (χ2n) is 7.72. The van der Waals surface area contributed by atoms with Crippen LogP contribution in [-0.4, -0.2) is 73.5 Å². The summed E-state index contributed by atoms with van der Waals surface area (Å²) in [5.41, 5.74) is -0.0252. The number of rotatable bonds is 5. The molecule has 3 aliphatic rings. The van der Waals surface area contributed by atoms with E-state index in [-0.39, 0.29) is 11.4 Å². The number of hydrogen-bond donors (Lipinski definition) is 0. The van der Waals surface area contributed by atoms with E-state index in [4.69, 9.17) is 9.47 Å². The summed E-state index contributed by atoms with van der Waals surface area (Å²) in [5.74, 6) is 0.195. The third kappa shape index (κ3) is 5.16. The lowest BCUT2D eigenvalue weighted by Crippen LogP contribution is -2.58. The number of hydrogen-bond acceptors (Lipinski definition) is 6. The number of ether oxygens (including phenoxy) is 3. The highest BCUT2D eigenvalue weighted by Crippen LogP contribution is 2.36. The summed E-state index contributed by atoms with van der Waals surface area (Å²) in [6.07, 6.45) is 4.30. The predicted octanol–water partition coefficient (Wildman–Crippen LogP) is 3.64. The highest BCUT2D eigenvalue weighted by Gasteiger charge is 2.41. The minimum Gasteiger partial charge on any atom is -0.435 e. The highest BCUT2D eigenvalue weighted by molar-refractivity contribution is 7.97. The number of benzene rings is 1. The van der Waals surface area contributed by atoms with E-state index in [1.807, 2.05) is 12.1 Å². The summed E-state index contributed by atoms with van der Waals surface area (Å²) in [6, 6.07) is 7.48. The molecule has 0 unspecified atom stereocenters. The molecule has 0 bridgehead atoms. The Morgan fingerprint density at radius 1 is 1.04 bits per heavy atom. The Labute approximate surface area is 169 Å². The lowest BCUT2D eigenvalue weighted by Gasteiger charge is -2.49. The predicted molar refractivity (Wildman–Crippen MR) is 104 cm³/mol. The fraction of sp³-hybridized carbons (Fsp3) is 0.700. The smallest absolute Gasteiger partial charge is 0.387 e. The monoisotopic (exact) mass is 414 g/mol. The van der Waals surface area contributed by atoms with Gasteiger partial charge in [-0.25, -0.2) is 4.31 Å². The summed E-state index contributed by atoms with van der Waals surface area (Å²) in [4.78, 5) is 3.65. The molecule has 3 fully saturated rings. The van der Waals surface area contributed by atoms with E-state index in [1.165, 1.54) is 0 Å². The first-order valence-electron chi connectivity index (χ1n) is 10.1. The van der Waals surface area contributed by atoms with Crippen LogP contribution in [-0.2, 0) is 9.47 Å². The minimum atomic E-state index is -2.78. The SMILES string of the molecule is FC(F)Oc1ccc(SN2CCC3(CC2)CN(C2CCOCC2)CCO3)cc1. The molecule has 0 radical (unpaired) electrons. The van der Waals surface area contributed by atoms with Crippen molar-refractivity contribution < 1.29 is 23.0 Å². The maximum absolute atomic E-state index is 12.3. The van der Waals surface area contributed by atoms with Crippen molar-refractivity contribution in [3.05, 3.63) is 24.3 Å². The van der Waals surface area contributed by atoms with Crippen LogP contribution in [0.2, 0.25) is 0 Å². The second kappa shape index (κ2) is 9.26. The summed E-state index contributed by atoms with van der Waals surface area (Å²) < 4.78 is 43.1. The summed E-state index contributed by atoms with van der Waals surface area (Å²) >= 11 is 1.67. The molecule has 0 atom stereocenters. The van der Waals surface area contributed by atoms with Crippen molar-refractivity contribution in [3.8, 4) is 5.75 Å². The van der Waals surface area contributed by atoms with Gasteiger partial charge in [0.15, 0.2) is 0 Å². The lowest BCUT2D eigenvalue weighted by molar-refractivity contribution is -0.143. The quantitative estimate of drug-likeness (QED) is 0.685. The number of halogens is 2. The molecular formula is C20H28F2N2O3S. The maximum Gasteiger partial charge on any atom is 0.387 e. The van der Waals surface area contributed by atoms with Crippen LogP contribution in [0, 0.1) is 0 Å². The van der Waals surface area contributed by atoms with Gasteiger partial charge in [-0.2, -0.15) is 8.78 Å². The zero-order valence-electron chi connectivity index (χ0n) is 16.0. The highest BCUT2D eigenvalue weighted by atomic mass is 32.2. The molecule has 4 rings (SSSR count). The Hall–Kier alpha value is -0.930. The van der Waals surface area contributed by atoms with Crippen molar-refractivity contribution in [1.82, 2.24) is 9.21 Å². The normalized spacial score (nSPS) is 24.7. The van der Waals surface area contributed by atoms with Crippen LogP contribution in [0.4, 0.5) is 8.78 Å². The first-order chi connectivity index (χ1) is 13.6. The molecule has 3 heterocycles. The molecule has 1 aromatic carbocycles. The second-order valence-corrected chi connectivity index (χ2v) is 8.89. The van der Waals surface area contributed by atoms with E-state index in [2.05, 4.69) is 13.9 Å². The molecular weight excluding hydrogens is 386 g/mol. The third-order valence-corrected chi connectivity index (χ3v) is 7.01. The Bertz CT molecular complexity index is 620. The van der Waals surface area contributed by atoms with Crippen LogP contribution in [0.1, 0.15) is 25.7 Å². The fourth-order valence-electron chi connectivity index (χ4n) is 4.35. The maximum atomic E-state index is 12.3. The van der Waals surface area contributed by atoms with Crippen molar-refractivity contribution in [3.63, 3.8) is 0 Å². The molecule has 156 valence electrons. The van der Waals surface area contributed by atoms with Gasteiger partial charge in [-0.3, -0.25) is 4.90 Å². The number of nitrogens with zero attached hydrogens (tertiary/aromatic N) is 2. The van der Waals surface area contributed by atoms with Gasteiger partial charge in [0.1, 0.15) is 5.75 Å². The summed E-state index contributed by atoms with van der Waals surface area (Å²) in [7, 11) is 0. The van der Waals surface area contributed by atoms with E-state index in [0.29, 0.717) is 6.04 Å². The Kier molecular flexibility index (Phi) is 6.73. The van der Waals surface area contributed by atoms with Gasteiger partial charge in [-0.05, 0) is 61.9 Å². The Balaban J connectivity index is 1.27. The van der Waals surface area contributed by atoms with Gasteiger partial charge in [0.2, 0.25) is 0 Å². The Morgan fingerprint density at radius 2 is 1.75 bits per heavy atom. The first kappa shape index (κ1) is 20.3. The molecule has 28 heavy (non-hydrogen) atoms. The van der Waals surface area contributed by atoms with Gasteiger partial charge in [-0.15, -0.1) is 0 Å². The molecule has 0 aliphatic carbocycles. The molecule has 0 saturated carbocycles. The van der Waals surface area contributed by atoms with Crippen LogP contribution in [0.3, 0.4) is 0 Å². The van der Waals surface area contributed by atoms with Gasteiger partial charge < -0.3 is 14.2 Å². The molecule has 1 spiro atoms. The molecule has 0 N–H and O–H groups in total. The molecule has 3 aliphatic heterocycles. The molecule has 5 nitrogen and oxygen atoms in total. The van der Waals surface area contributed by atoms with Crippen molar-refractivity contribution in [2.45, 2.75) is 48.8 Å². The van der Waals surface area contributed by atoms with Crippen LogP contribution < -0.4 is 4.74 Å². The molecule has 1 aromatic rings. The largest absolute Gasteiger partial charge is 0.435 e. The number of morpholine rings is 1. The van der Waals surface area contributed by atoms with Crippen molar-refractivity contribution in [1.29, 1.82) is 0 Å². The van der Waals surface area contributed by atoms with E-state index >= 15 is 0 Å². The van der Waals surface area contributed by atoms with Gasteiger partial charge in [0.25, 0.3) is 0 Å². The Morgan fingerprint density at radius 3 is 2.43 bits per heavy atom. The molecule has 8 heteroatoms. The standard InChI is InChI=1S/C20H28F2N2O3S/c21-19(22)27-17-1-3-18(4-2-17)28-24-9-7-20(8-10-24)15-23(11-14-26-20)16-5-12-25-13-6-16/h1-4,16,19H,5-15H2. The van der Waals surface area contributed by atoms with Crippen molar-refractivity contribution in [2.24, 2.45) is 0 Å². The summed E-state index contributed by atoms with van der Waals surface area (Å²) in [5, 5.41) is 0. The first-order valence-corrected chi connectivity index (χ1v) is 10.8. The average Bonchev–Trinajstić information content (AvgIpc) is 2.72. The lowest BCUT2D eigenvalue weighted by atomic mass is 9.89. The molecule has 0 amide bonds. The van der Waals surface area contributed by atoms with Gasteiger partial charge in [-0.1, -0.05) is 0 Å². The minimum absolute atomic E-state index is 0.0252. The van der Waals surface area contributed by atoms with E-state index in [1.54, 1.807) is 24.1 Å². The van der Waals surface area contributed by atoms with Crippen molar-refractivity contribution >= 4 is 11.9 Å². The van der Waals surface area contributed by atoms with Crippen molar-refractivity contribution in [2.75, 3.05) is 46.0 Å². The van der Waals surface area contributed by atoms with Gasteiger partial charge >= 0.3 is 6.61 Å². The average molecular weight is 415 g/mol. The fourth-order valence-corrected chi connectivity index (χ4v) is 5.28. The molecule has 3 saturated heterocycles. The number of alkyl halides is 2. The molecule has 0 aromatic heterocycles. The van der Waals surface area contributed by atoms with E-state index in [9.17, 15) is 8.78 Å². The summed E-state index contributed by atoms with van der Waals surface area (Å²) in [6.45, 7) is 3.75. The topological polar surface area (TPSA) is 34.2 Å². The van der Waals surface area contributed by atoms with Gasteiger partial charge in [0, 0.05) is 50.3 Å². The zero-order valence-corrected chi connectivity index (χ0v) is 16.8. The van der Waals surface area contributed by atoms with E-state index in [0.717, 1.165) is 76.6 Å².